The van der Waals surface area contributed by atoms with Crippen molar-refractivity contribution in [3.8, 4) is 0 Å². The fraction of sp³-hybridized carbons (Fsp3) is 0.444. The average molecular weight is 316 g/mol. The van der Waals surface area contributed by atoms with Crippen LogP contribution in [0.1, 0.15) is 37.6 Å². The number of anilines is 2. The number of aryl methyl sites for hydroxylation is 1. The number of aromatic nitrogens is 2. The smallest absolute Gasteiger partial charge is 0.131 e. The first-order valence-electron chi connectivity index (χ1n) is 8.26. The van der Waals surface area contributed by atoms with Gasteiger partial charge in [-0.1, -0.05) is 38.0 Å². The molecule has 0 saturated carbocycles. The average Bonchev–Trinajstić information content (AvgIpc) is 2.53. The number of hydrogen-bond donors (Lipinski definition) is 2. The Labute approximate surface area is 137 Å². The lowest BCUT2D eigenvalue weighted by molar-refractivity contribution is 0.610. The molecule has 2 rings (SSSR count). The molecule has 0 aliphatic heterocycles. The molecular formula is C18H25FN4. The Morgan fingerprint density at radius 3 is 2.39 bits per heavy atom. The minimum absolute atomic E-state index is 0.161. The zero-order valence-corrected chi connectivity index (χ0v) is 13.9. The van der Waals surface area contributed by atoms with Gasteiger partial charge in [0.1, 0.15) is 23.3 Å². The van der Waals surface area contributed by atoms with Crippen LogP contribution in [0.15, 0.2) is 30.3 Å². The van der Waals surface area contributed by atoms with Crippen LogP contribution in [0.25, 0.3) is 0 Å². The lowest BCUT2D eigenvalue weighted by Gasteiger charge is -2.10. The summed E-state index contributed by atoms with van der Waals surface area (Å²) in [7, 11) is 0. The first-order chi connectivity index (χ1) is 11.2. The maximum absolute atomic E-state index is 13.6. The van der Waals surface area contributed by atoms with E-state index in [-0.39, 0.29) is 5.82 Å². The van der Waals surface area contributed by atoms with Gasteiger partial charge in [-0.3, -0.25) is 0 Å². The quantitative estimate of drug-likeness (QED) is 0.681. The fourth-order valence-corrected chi connectivity index (χ4v) is 2.37. The maximum Gasteiger partial charge on any atom is 0.131 e. The summed E-state index contributed by atoms with van der Waals surface area (Å²) in [6, 6.07) is 8.76. The third-order valence-corrected chi connectivity index (χ3v) is 3.58. The highest BCUT2D eigenvalue weighted by Gasteiger charge is 2.03. The van der Waals surface area contributed by atoms with E-state index in [4.69, 9.17) is 0 Å². The molecule has 1 aromatic carbocycles. The highest BCUT2D eigenvalue weighted by Crippen LogP contribution is 2.12. The van der Waals surface area contributed by atoms with Gasteiger partial charge in [-0.25, -0.2) is 14.4 Å². The highest BCUT2D eigenvalue weighted by molar-refractivity contribution is 5.47. The van der Waals surface area contributed by atoms with Gasteiger partial charge in [-0.05, 0) is 31.4 Å². The predicted molar refractivity (Wildman–Crippen MR) is 93.4 cm³/mol. The van der Waals surface area contributed by atoms with Crippen LogP contribution in [-0.4, -0.2) is 23.1 Å². The molecule has 0 radical (unpaired) electrons. The van der Waals surface area contributed by atoms with E-state index in [1.54, 1.807) is 6.07 Å². The summed E-state index contributed by atoms with van der Waals surface area (Å²) in [5.41, 5.74) is 0.712. The summed E-state index contributed by atoms with van der Waals surface area (Å²) in [6.45, 7) is 5.61. The van der Waals surface area contributed by atoms with Crippen molar-refractivity contribution in [3.63, 3.8) is 0 Å². The Morgan fingerprint density at radius 2 is 1.70 bits per heavy atom. The van der Waals surface area contributed by atoms with E-state index in [1.165, 1.54) is 18.9 Å². The molecule has 0 aliphatic carbocycles. The van der Waals surface area contributed by atoms with E-state index in [1.807, 2.05) is 25.1 Å². The predicted octanol–water partition coefficient (Wildman–Crippen LogP) is 4.18. The van der Waals surface area contributed by atoms with Gasteiger partial charge in [0.05, 0.1) is 0 Å². The molecule has 5 heteroatoms. The number of rotatable bonds is 9. The third kappa shape index (κ3) is 5.85. The Bertz CT molecular complexity index is 616. The van der Waals surface area contributed by atoms with Crippen molar-refractivity contribution in [2.45, 2.75) is 39.5 Å². The molecule has 2 aromatic rings. The van der Waals surface area contributed by atoms with Crippen LogP contribution in [-0.2, 0) is 6.42 Å². The Balaban J connectivity index is 1.87. The van der Waals surface area contributed by atoms with Gasteiger partial charge >= 0.3 is 0 Å². The SMILES string of the molecule is CCCCCNc1cc(NCCc2ccccc2F)nc(C)n1. The largest absolute Gasteiger partial charge is 0.370 e. The Kier molecular flexibility index (Phi) is 6.78. The molecule has 4 nitrogen and oxygen atoms in total. The number of halogens is 1. The molecule has 0 atom stereocenters. The van der Waals surface area contributed by atoms with E-state index in [9.17, 15) is 4.39 Å². The second-order valence-corrected chi connectivity index (χ2v) is 5.59. The lowest BCUT2D eigenvalue weighted by atomic mass is 10.1. The molecule has 0 spiro atoms. The first kappa shape index (κ1) is 17.2. The molecule has 0 fully saturated rings. The molecule has 0 unspecified atom stereocenters. The van der Waals surface area contributed by atoms with Gasteiger partial charge < -0.3 is 10.6 Å². The van der Waals surface area contributed by atoms with Gasteiger partial charge in [0.15, 0.2) is 0 Å². The van der Waals surface area contributed by atoms with Crippen LogP contribution >= 0.6 is 0 Å². The zero-order chi connectivity index (χ0) is 16.5. The number of nitrogens with one attached hydrogen (secondary N) is 2. The van der Waals surface area contributed by atoms with Crippen LogP contribution in [0.5, 0.6) is 0 Å². The maximum atomic E-state index is 13.6. The van der Waals surface area contributed by atoms with E-state index in [0.717, 1.165) is 30.4 Å². The molecule has 0 saturated heterocycles. The number of unbranched alkanes of at least 4 members (excludes halogenated alkanes) is 2. The molecular weight excluding hydrogens is 291 g/mol. The molecule has 2 N–H and O–H groups in total. The first-order valence-corrected chi connectivity index (χ1v) is 8.26. The van der Waals surface area contributed by atoms with Crippen molar-refractivity contribution in [2.75, 3.05) is 23.7 Å². The summed E-state index contributed by atoms with van der Waals surface area (Å²) in [5.74, 6) is 2.17. The summed E-state index contributed by atoms with van der Waals surface area (Å²) < 4.78 is 13.6. The second-order valence-electron chi connectivity index (χ2n) is 5.59. The van der Waals surface area contributed by atoms with Crippen molar-refractivity contribution in [2.24, 2.45) is 0 Å². The van der Waals surface area contributed by atoms with Crippen molar-refractivity contribution in [1.29, 1.82) is 0 Å². The molecule has 1 heterocycles. The summed E-state index contributed by atoms with van der Waals surface area (Å²) in [4.78, 5) is 8.77. The topological polar surface area (TPSA) is 49.8 Å². The van der Waals surface area contributed by atoms with Crippen molar-refractivity contribution in [3.05, 3.63) is 47.5 Å². The summed E-state index contributed by atoms with van der Waals surface area (Å²) in [6.07, 6.45) is 4.17. The van der Waals surface area contributed by atoms with E-state index < -0.39 is 0 Å². The van der Waals surface area contributed by atoms with E-state index >= 15 is 0 Å². The van der Waals surface area contributed by atoms with E-state index in [0.29, 0.717) is 18.5 Å². The number of benzene rings is 1. The van der Waals surface area contributed by atoms with Gasteiger partial charge in [-0.2, -0.15) is 0 Å². The van der Waals surface area contributed by atoms with Crippen LogP contribution in [0.2, 0.25) is 0 Å². The van der Waals surface area contributed by atoms with Gasteiger partial charge in [0.25, 0.3) is 0 Å². The standard InChI is InChI=1S/C18H25FN4/c1-3-4-7-11-20-17-13-18(23-14(2)22-17)21-12-10-15-8-5-6-9-16(15)19/h5-6,8-9,13H,3-4,7,10-12H2,1-2H3,(H2,20,21,22,23). The van der Waals surface area contributed by atoms with Gasteiger partial charge in [0.2, 0.25) is 0 Å². The summed E-state index contributed by atoms with van der Waals surface area (Å²) in [5, 5.41) is 6.57. The van der Waals surface area contributed by atoms with Crippen molar-refractivity contribution in [1.82, 2.24) is 9.97 Å². The highest BCUT2D eigenvalue weighted by atomic mass is 19.1. The minimum atomic E-state index is -0.161. The molecule has 0 bridgehead atoms. The van der Waals surface area contributed by atoms with Crippen LogP contribution in [0.3, 0.4) is 0 Å². The Morgan fingerprint density at radius 1 is 1.00 bits per heavy atom. The summed E-state index contributed by atoms with van der Waals surface area (Å²) >= 11 is 0. The molecule has 0 aliphatic rings. The van der Waals surface area contributed by atoms with Crippen LogP contribution < -0.4 is 10.6 Å². The monoisotopic (exact) mass is 316 g/mol. The molecule has 0 amide bonds. The van der Waals surface area contributed by atoms with E-state index in [2.05, 4.69) is 27.5 Å². The van der Waals surface area contributed by atoms with Crippen LogP contribution in [0.4, 0.5) is 16.0 Å². The van der Waals surface area contributed by atoms with Crippen LogP contribution in [0, 0.1) is 12.7 Å². The number of hydrogen-bond acceptors (Lipinski definition) is 4. The molecule has 124 valence electrons. The van der Waals surface area contributed by atoms with Crippen molar-refractivity contribution < 1.29 is 4.39 Å². The minimum Gasteiger partial charge on any atom is -0.370 e. The molecule has 1 aromatic heterocycles. The third-order valence-electron chi connectivity index (χ3n) is 3.58. The second kappa shape index (κ2) is 9.08. The Hall–Kier alpha value is -2.17. The molecule has 23 heavy (non-hydrogen) atoms. The number of nitrogens with zero attached hydrogens (tertiary/aromatic N) is 2. The van der Waals surface area contributed by atoms with Crippen molar-refractivity contribution >= 4 is 11.6 Å². The van der Waals surface area contributed by atoms with Gasteiger partial charge in [-0.15, -0.1) is 0 Å². The normalized spacial score (nSPS) is 10.6. The zero-order valence-electron chi connectivity index (χ0n) is 13.9. The van der Waals surface area contributed by atoms with Gasteiger partial charge in [0, 0.05) is 19.2 Å². The lowest BCUT2D eigenvalue weighted by Crippen LogP contribution is -2.10. The fourth-order valence-electron chi connectivity index (χ4n) is 2.37.